The zero-order valence-corrected chi connectivity index (χ0v) is 28.2. The summed E-state index contributed by atoms with van der Waals surface area (Å²) >= 11 is 8.07. The van der Waals surface area contributed by atoms with Crippen molar-refractivity contribution in [3.63, 3.8) is 0 Å². The van der Waals surface area contributed by atoms with Gasteiger partial charge in [-0.3, -0.25) is 14.0 Å². The molecule has 2 fully saturated rings. The highest BCUT2D eigenvalue weighted by Crippen LogP contribution is 2.34. The maximum Gasteiger partial charge on any atom is 0.394 e. The minimum Gasteiger partial charge on any atom is -0.468 e. The number of aliphatic hydroxyl groups is 8. The van der Waals surface area contributed by atoms with Crippen LogP contribution in [-0.4, -0.2) is 158 Å². The van der Waals surface area contributed by atoms with Crippen molar-refractivity contribution in [1.82, 2.24) is 4.90 Å². The van der Waals surface area contributed by atoms with Gasteiger partial charge in [-0.1, -0.05) is 29.8 Å². The number of nitrogens with zero attached hydrogens (tertiary/aromatic N) is 1. The van der Waals surface area contributed by atoms with E-state index in [0.717, 1.165) is 25.1 Å². The lowest BCUT2D eigenvalue weighted by molar-refractivity contribution is -0.355. The molecule has 4 heterocycles. The van der Waals surface area contributed by atoms with Crippen molar-refractivity contribution >= 4 is 39.3 Å². The third kappa shape index (κ3) is 11.0. The maximum absolute atomic E-state index is 12.3. The van der Waals surface area contributed by atoms with E-state index in [1.807, 2.05) is 24.3 Å². The number of aliphatic hydroxyl groups excluding tert-OH is 8. The smallest absolute Gasteiger partial charge is 0.394 e. The fourth-order valence-corrected chi connectivity index (χ4v) is 6.47. The van der Waals surface area contributed by atoms with Gasteiger partial charge in [0, 0.05) is 23.0 Å². The number of hydrogen-bond acceptors (Lipinski definition) is 17. The van der Waals surface area contributed by atoms with Gasteiger partial charge in [-0.05, 0) is 35.1 Å². The Morgan fingerprint density at radius 1 is 0.959 bits per heavy atom. The molecule has 3 aliphatic heterocycles. The van der Waals surface area contributed by atoms with Gasteiger partial charge in [-0.25, -0.2) is 4.79 Å². The molecule has 0 radical (unpaired) electrons. The van der Waals surface area contributed by atoms with Gasteiger partial charge in [0.25, 0.3) is 0 Å². The first-order chi connectivity index (χ1) is 23.0. The lowest BCUT2D eigenvalue weighted by Gasteiger charge is -2.45. The average Bonchev–Trinajstić information content (AvgIpc) is 3.53. The van der Waals surface area contributed by atoms with Crippen LogP contribution >= 0.6 is 22.9 Å². The van der Waals surface area contributed by atoms with Crippen LogP contribution < -0.4 is 0 Å². The molecule has 21 heteroatoms. The molecule has 10 N–H and O–H groups in total. The van der Waals surface area contributed by atoms with Crippen molar-refractivity contribution in [2.75, 3.05) is 26.9 Å². The van der Waals surface area contributed by atoms with Crippen molar-refractivity contribution in [2.24, 2.45) is 0 Å². The van der Waals surface area contributed by atoms with Crippen molar-refractivity contribution in [1.29, 1.82) is 0 Å². The lowest BCUT2D eigenvalue weighted by atomic mass is 9.97. The van der Waals surface area contributed by atoms with Gasteiger partial charge < -0.3 is 59.8 Å². The fourth-order valence-electron chi connectivity index (χ4n) is 5.34. The van der Waals surface area contributed by atoms with Crippen LogP contribution in [-0.2, 0) is 47.1 Å². The largest absolute Gasteiger partial charge is 0.468 e. The molecule has 278 valence electrons. The first kappa shape index (κ1) is 41.5. The van der Waals surface area contributed by atoms with Crippen LogP contribution in [0.25, 0.3) is 0 Å². The quantitative estimate of drug-likeness (QED) is 0.104. The van der Waals surface area contributed by atoms with E-state index < -0.39 is 91.1 Å². The predicted molar refractivity (Wildman–Crippen MR) is 167 cm³/mol. The van der Waals surface area contributed by atoms with Crippen LogP contribution in [0.15, 0.2) is 35.7 Å². The molecule has 2 saturated heterocycles. The molecule has 0 amide bonds. The highest BCUT2D eigenvalue weighted by molar-refractivity contribution is 7.79. The number of methoxy groups -OCH3 is 1. The van der Waals surface area contributed by atoms with Crippen molar-refractivity contribution in [2.45, 2.75) is 80.4 Å². The summed E-state index contributed by atoms with van der Waals surface area (Å²) in [4.78, 5) is 15.8. The number of esters is 1. The van der Waals surface area contributed by atoms with Gasteiger partial charge in [-0.15, -0.1) is 11.3 Å². The van der Waals surface area contributed by atoms with Gasteiger partial charge in [0.15, 0.2) is 12.6 Å². The second-order valence-electron chi connectivity index (χ2n) is 11.0. The van der Waals surface area contributed by atoms with Crippen molar-refractivity contribution in [3.05, 3.63) is 56.7 Å². The van der Waals surface area contributed by atoms with E-state index in [2.05, 4.69) is 16.3 Å². The number of carbonyl (C=O) groups is 1. The van der Waals surface area contributed by atoms with Crippen LogP contribution in [0, 0.1) is 0 Å². The minimum atomic E-state index is -4.67. The van der Waals surface area contributed by atoms with E-state index in [4.69, 9.17) is 53.2 Å². The number of benzene rings is 1. The second-order valence-corrected chi connectivity index (χ2v) is 13.3. The molecule has 3 aliphatic rings. The first-order valence-corrected chi connectivity index (χ1v) is 17.3. The Bertz CT molecular complexity index is 1440. The average molecular weight is 762 g/mol. The molecular formula is C28H40ClNO17S2. The Hall–Kier alpha value is -1.93. The summed E-state index contributed by atoms with van der Waals surface area (Å²) in [5, 5.41) is 79.2. The third-order valence-corrected chi connectivity index (χ3v) is 9.17. The van der Waals surface area contributed by atoms with Gasteiger partial charge >= 0.3 is 16.4 Å². The van der Waals surface area contributed by atoms with E-state index in [0.29, 0.717) is 5.02 Å². The third-order valence-electron chi connectivity index (χ3n) is 7.81. The van der Waals surface area contributed by atoms with E-state index in [9.17, 15) is 40.5 Å². The Morgan fingerprint density at radius 3 is 2.18 bits per heavy atom. The first-order valence-electron chi connectivity index (χ1n) is 14.6. The molecule has 0 saturated carbocycles. The lowest BCUT2D eigenvalue weighted by Crippen LogP contribution is -2.64. The minimum absolute atomic E-state index is 0.262. The number of thiophene rings is 1. The number of ether oxygens (including phenoxy) is 4. The molecule has 18 nitrogen and oxygen atoms in total. The summed E-state index contributed by atoms with van der Waals surface area (Å²) in [6.07, 6.45) is -14.6. The summed E-state index contributed by atoms with van der Waals surface area (Å²) in [6, 6.07) is 9.16. The molecule has 0 unspecified atom stereocenters. The molecule has 2 aromatic rings. The normalized spacial score (nSPS) is 32.4. The van der Waals surface area contributed by atoms with Gasteiger partial charge in [0.1, 0.15) is 54.9 Å². The van der Waals surface area contributed by atoms with Gasteiger partial charge in [-0.2, -0.15) is 8.42 Å². The maximum atomic E-state index is 12.3. The highest BCUT2D eigenvalue weighted by atomic mass is 35.5. The zero-order valence-electron chi connectivity index (χ0n) is 25.8. The van der Waals surface area contributed by atoms with Crippen LogP contribution in [0.5, 0.6) is 0 Å². The van der Waals surface area contributed by atoms with Crippen molar-refractivity contribution < 1.29 is 82.1 Å². The van der Waals surface area contributed by atoms with Crippen LogP contribution in [0.1, 0.15) is 22.0 Å². The Balaban J connectivity index is 0.000000234. The van der Waals surface area contributed by atoms with Crippen LogP contribution in [0.4, 0.5) is 0 Å². The molecule has 11 atom stereocenters. The Labute approximate surface area is 289 Å². The molecular weight excluding hydrogens is 722 g/mol. The second kappa shape index (κ2) is 18.5. The molecule has 0 bridgehead atoms. The molecule has 0 spiro atoms. The van der Waals surface area contributed by atoms with Crippen molar-refractivity contribution in [3.8, 4) is 0 Å². The fraction of sp³-hybridized carbons (Fsp3) is 0.607. The summed E-state index contributed by atoms with van der Waals surface area (Å²) in [5.74, 6) is -0.262. The zero-order chi connectivity index (χ0) is 36.6. The van der Waals surface area contributed by atoms with E-state index in [1.165, 1.54) is 17.6 Å². The Morgan fingerprint density at radius 2 is 1.59 bits per heavy atom. The standard InChI is InChI=1S/C16H16ClNO2S.C12H22O11.H2O4S/c1-20-16(19)15(12-4-2-3-5-13(12)17)18-8-6-14-11(10-18)7-9-21-14;13-1-3-5(15)6(16)9(19)12(22-3)23-10-4(2-14)21-11(20)8(18)7(10)17;1-5(2,3)4/h2-5,7,9,15H,6,8,10H2,1H3;3-20H,1-2H2;(H2,1,2,3,4)/t15-;3-,4-,5+,6+,7-,8-,9-,10-,11-,12+;/m01./s1. The predicted octanol–water partition coefficient (Wildman–Crippen LogP) is -2.38. The van der Waals surface area contributed by atoms with E-state index in [1.54, 1.807) is 11.3 Å². The molecule has 1 aromatic heterocycles. The number of hydrogen-bond donors (Lipinski definition) is 10. The van der Waals surface area contributed by atoms with Gasteiger partial charge in [0.2, 0.25) is 0 Å². The Kier molecular flexibility index (Phi) is 15.7. The van der Waals surface area contributed by atoms with Gasteiger partial charge in [0.05, 0.1) is 20.3 Å². The summed E-state index contributed by atoms with van der Waals surface area (Å²) in [5.41, 5.74) is 2.11. The SMILES string of the molecule is COC(=O)[C@H](c1ccccc1Cl)N1CCc2sccc2C1.O=S(=O)(O)O.OC[C@H]1O[C@@H](O[C@H]2[C@H](O)[C@@H](O)[C@H](O)O[C@@H]2CO)[C@H](O)[C@@H](O)[C@H]1O. The van der Waals surface area contributed by atoms with Crippen LogP contribution in [0.2, 0.25) is 5.02 Å². The summed E-state index contributed by atoms with van der Waals surface area (Å²) in [6.45, 7) is 0.241. The number of halogens is 1. The molecule has 0 aliphatic carbocycles. The van der Waals surface area contributed by atoms with Crippen LogP contribution in [0.3, 0.4) is 0 Å². The number of carbonyl (C=O) groups excluding carboxylic acids is 1. The summed E-state index contributed by atoms with van der Waals surface area (Å²) in [7, 11) is -3.24. The molecule has 5 rings (SSSR count). The molecule has 1 aromatic carbocycles. The van der Waals surface area contributed by atoms with E-state index in [-0.39, 0.29) is 5.97 Å². The highest BCUT2D eigenvalue weighted by Gasteiger charge is 2.50. The number of fused-ring (bicyclic) bond motifs is 1. The monoisotopic (exact) mass is 761 g/mol. The molecule has 49 heavy (non-hydrogen) atoms. The topological polar surface area (TPSA) is 294 Å². The number of rotatable bonds is 7. The van der Waals surface area contributed by atoms with E-state index >= 15 is 0 Å². The summed E-state index contributed by atoms with van der Waals surface area (Å²) < 4.78 is 51.9.